The first-order valence-electron chi connectivity index (χ1n) is 4.88. The van der Waals surface area contributed by atoms with Crippen molar-refractivity contribution in [2.75, 3.05) is 19.6 Å². The molecule has 0 bridgehead atoms. The molecular weight excluding hydrogens is 184 g/mol. The monoisotopic (exact) mass is 202 g/mol. The summed E-state index contributed by atoms with van der Waals surface area (Å²) in [5.41, 5.74) is 5.40. The van der Waals surface area contributed by atoms with Crippen LogP contribution in [0, 0.1) is 5.92 Å². The Balaban J connectivity index is 2.39. The Morgan fingerprint density at radius 2 is 2.00 bits per heavy atom. The zero-order valence-corrected chi connectivity index (χ0v) is 8.39. The van der Waals surface area contributed by atoms with Gasteiger partial charge < -0.3 is 20.8 Å². The Labute approximate surface area is 83.5 Å². The molecule has 1 fully saturated rings. The molecule has 1 amide bonds. The van der Waals surface area contributed by atoms with E-state index in [9.17, 15) is 15.0 Å². The maximum atomic E-state index is 11.6. The van der Waals surface area contributed by atoms with Crippen molar-refractivity contribution in [1.82, 2.24) is 4.90 Å². The standard InChI is InChI=1S/C9H18N2O3/c1-6(3-10)2-9(14)11-4-7(12)8(13)5-11/h6-8,12-13H,2-5,10H2,1H3/t6?,7-,8+. The first kappa shape index (κ1) is 11.4. The van der Waals surface area contributed by atoms with E-state index in [2.05, 4.69) is 0 Å². The van der Waals surface area contributed by atoms with Crippen LogP contribution in [-0.4, -0.2) is 52.9 Å². The van der Waals surface area contributed by atoms with E-state index in [1.165, 1.54) is 4.90 Å². The number of carbonyl (C=O) groups excluding carboxylic acids is 1. The molecule has 0 aliphatic carbocycles. The smallest absolute Gasteiger partial charge is 0.223 e. The molecule has 1 saturated heterocycles. The minimum absolute atomic E-state index is 0.0430. The molecule has 3 atom stereocenters. The fourth-order valence-corrected chi connectivity index (χ4v) is 1.48. The molecular formula is C9H18N2O3. The Bertz CT molecular complexity index is 200. The van der Waals surface area contributed by atoms with Gasteiger partial charge in [0, 0.05) is 19.5 Å². The molecule has 5 nitrogen and oxygen atoms in total. The van der Waals surface area contributed by atoms with Crippen molar-refractivity contribution in [2.24, 2.45) is 11.7 Å². The maximum Gasteiger partial charge on any atom is 0.223 e. The van der Waals surface area contributed by atoms with Gasteiger partial charge in [0.1, 0.15) is 0 Å². The fourth-order valence-electron chi connectivity index (χ4n) is 1.48. The quantitative estimate of drug-likeness (QED) is 0.522. The largest absolute Gasteiger partial charge is 0.388 e. The predicted molar refractivity (Wildman–Crippen MR) is 51.4 cm³/mol. The number of aliphatic hydroxyl groups is 2. The lowest BCUT2D eigenvalue weighted by Gasteiger charge is -2.17. The van der Waals surface area contributed by atoms with Crippen molar-refractivity contribution in [3.05, 3.63) is 0 Å². The highest BCUT2D eigenvalue weighted by Gasteiger charge is 2.32. The summed E-state index contributed by atoms with van der Waals surface area (Å²) in [6.07, 6.45) is -1.21. The second-order valence-corrected chi connectivity index (χ2v) is 3.98. The van der Waals surface area contributed by atoms with Crippen molar-refractivity contribution < 1.29 is 15.0 Å². The van der Waals surface area contributed by atoms with Crippen LogP contribution >= 0.6 is 0 Å². The third kappa shape index (κ3) is 2.67. The van der Waals surface area contributed by atoms with Crippen molar-refractivity contribution in [3.8, 4) is 0 Å². The Kier molecular flexibility index (Phi) is 3.86. The van der Waals surface area contributed by atoms with Crippen molar-refractivity contribution in [2.45, 2.75) is 25.6 Å². The lowest BCUT2D eigenvalue weighted by Crippen LogP contribution is -2.32. The summed E-state index contributed by atoms with van der Waals surface area (Å²) >= 11 is 0. The average Bonchev–Trinajstić information content (AvgIpc) is 2.47. The van der Waals surface area contributed by atoms with E-state index in [-0.39, 0.29) is 24.9 Å². The van der Waals surface area contributed by atoms with Gasteiger partial charge in [0.05, 0.1) is 12.2 Å². The highest BCUT2D eigenvalue weighted by atomic mass is 16.3. The summed E-state index contributed by atoms with van der Waals surface area (Å²) in [6, 6.07) is 0. The molecule has 1 unspecified atom stereocenters. The summed E-state index contributed by atoms with van der Waals surface area (Å²) in [4.78, 5) is 13.0. The molecule has 1 aliphatic heterocycles. The van der Waals surface area contributed by atoms with E-state index < -0.39 is 12.2 Å². The number of likely N-dealkylation sites (tertiary alicyclic amines) is 1. The van der Waals surface area contributed by atoms with Crippen LogP contribution in [-0.2, 0) is 4.79 Å². The molecule has 82 valence electrons. The van der Waals surface area contributed by atoms with Gasteiger partial charge in [0.2, 0.25) is 5.91 Å². The minimum Gasteiger partial charge on any atom is -0.388 e. The van der Waals surface area contributed by atoms with Crippen molar-refractivity contribution in [3.63, 3.8) is 0 Å². The first-order chi connectivity index (χ1) is 6.54. The van der Waals surface area contributed by atoms with Crippen molar-refractivity contribution in [1.29, 1.82) is 0 Å². The summed E-state index contributed by atoms with van der Waals surface area (Å²) in [5.74, 6) is 0.107. The zero-order chi connectivity index (χ0) is 10.7. The number of amides is 1. The Morgan fingerprint density at radius 3 is 2.43 bits per heavy atom. The van der Waals surface area contributed by atoms with Crippen LogP contribution in [0.25, 0.3) is 0 Å². The van der Waals surface area contributed by atoms with Gasteiger partial charge in [-0.05, 0) is 12.5 Å². The highest BCUT2D eigenvalue weighted by molar-refractivity contribution is 5.76. The third-order valence-electron chi connectivity index (χ3n) is 2.54. The number of β-amino-alcohol motifs (C(OH)–C–C–N with tert-alkyl or cyclic N) is 2. The van der Waals surface area contributed by atoms with Crippen LogP contribution in [0.1, 0.15) is 13.3 Å². The normalized spacial score (nSPS) is 29.3. The SMILES string of the molecule is CC(CN)CC(=O)N1C[C@@H](O)[C@@H](O)C1. The van der Waals surface area contributed by atoms with Crippen LogP contribution in [0.3, 0.4) is 0 Å². The molecule has 14 heavy (non-hydrogen) atoms. The lowest BCUT2D eigenvalue weighted by atomic mass is 10.1. The molecule has 5 heteroatoms. The summed E-state index contributed by atoms with van der Waals surface area (Å²) in [6.45, 7) is 2.85. The highest BCUT2D eigenvalue weighted by Crippen LogP contribution is 2.13. The number of aliphatic hydroxyl groups excluding tert-OH is 2. The van der Waals surface area contributed by atoms with Gasteiger partial charge in [-0.1, -0.05) is 6.92 Å². The van der Waals surface area contributed by atoms with E-state index in [0.29, 0.717) is 13.0 Å². The number of rotatable bonds is 3. The molecule has 1 heterocycles. The maximum absolute atomic E-state index is 11.6. The molecule has 0 aromatic carbocycles. The summed E-state index contributed by atoms with van der Waals surface area (Å²) < 4.78 is 0. The number of nitrogens with zero attached hydrogens (tertiary/aromatic N) is 1. The van der Waals surface area contributed by atoms with Gasteiger partial charge in [-0.25, -0.2) is 0 Å². The molecule has 1 aliphatic rings. The van der Waals surface area contributed by atoms with Crippen LogP contribution < -0.4 is 5.73 Å². The zero-order valence-electron chi connectivity index (χ0n) is 8.39. The van der Waals surface area contributed by atoms with E-state index in [1.807, 2.05) is 6.92 Å². The van der Waals surface area contributed by atoms with E-state index in [0.717, 1.165) is 0 Å². The third-order valence-corrected chi connectivity index (χ3v) is 2.54. The van der Waals surface area contributed by atoms with Gasteiger partial charge in [0.25, 0.3) is 0 Å². The second-order valence-electron chi connectivity index (χ2n) is 3.98. The summed E-state index contributed by atoms with van der Waals surface area (Å²) in [7, 11) is 0. The van der Waals surface area contributed by atoms with Gasteiger partial charge in [0.15, 0.2) is 0 Å². The van der Waals surface area contributed by atoms with Crippen LogP contribution in [0.5, 0.6) is 0 Å². The first-order valence-corrected chi connectivity index (χ1v) is 4.88. The fraction of sp³-hybridized carbons (Fsp3) is 0.889. The van der Waals surface area contributed by atoms with Gasteiger partial charge in [-0.2, -0.15) is 0 Å². The topological polar surface area (TPSA) is 86.8 Å². The molecule has 0 aromatic heterocycles. The molecule has 0 spiro atoms. The van der Waals surface area contributed by atoms with Gasteiger partial charge in [-0.15, -0.1) is 0 Å². The van der Waals surface area contributed by atoms with E-state index in [4.69, 9.17) is 5.73 Å². The number of carbonyl (C=O) groups is 1. The van der Waals surface area contributed by atoms with Gasteiger partial charge >= 0.3 is 0 Å². The number of hydrogen-bond donors (Lipinski definition) is 3. The minimum atomic E-state index is -0.799. The molecule has 0 radical (unpaired) electrons. The Morgan fingerprint density at radius 1 is 1.50 bits per heavy atom. The van der Waals surface area contributed by atoms with Crippen molar-refractivity contribution >= 4 is 5.91 Å². The summed E-state index contributed by atoms with van der Waals surface area (Å²) in [5, 5.41) is 18.5. The second kappa shape index (κ2) is 4.72. The number of hydrogen-bond acceptors (Lipinski definition) is 4. The van der Waals surface area contributed by atoms with Gasteiger partial charge in [-0.3, -0.25) is 4.79 Å². The van der Waals surface area contributed by atoms with E-state index in [1.54, 1.807) is 0 Å². The Hall–Kier alpha value is -0.650. The predicted octanol–water partition coefficient (Wildman–Crippen LogP) is -1.46. The molecule has 1 rings (SSSR count). The number of nitrogens with two attached hydrogens (primary N) is 1. The molecule has 0 saturated carbocycles. The lowest BCUT2D eigenvalue weighted by molar-refractivity contribution is -0.131. The molecule has 4 N–H and O–H groups in total. The van der Waals surface area contributed by atoms with Crippen LogP contribution in [0.15, 0.2) is 0 Å². The van der Waals surface area contributed by atoms with E-state index >= 15 is 0 Å². The van der Waals surface area contributed by atoms with Crippen LogP contribution in [0.4, 0.5) is 0 Å². The van der Waals surface area contributed by atoms with Crippen LogP contribution in [0.2, 0.25) is 0 Å². The average molecular weight is 202 g/mol. The molecule has 0 aromatic rings.